The van der Waals surface area contributed by atoms with E-state index in [9.17, 15) is 19.7 Å². The van der Waals surface area contributed by atoms with Gasteiger partial charge < -0.3 is 19.5 Å². The lowest BCUT2D eigenvalue weighted by molar-refractivity contribution is -0.384. The number of hydrogen-bond donors (Lipinski definition) is 1. The average Bonchev–Trinajstić information content (AvgIpc) is 3.15. The van der Waals surface area contributed by atoms with Crippen LogP contribution >= 0.6 is 0 Å². The zero-order valence-corrected chi connectivity index (χ0v) is 14.0. The van der Waals surface area contributed by atoms with E-state index >= 15 is 0 Å². The molecular weight excluding hydrogens is 332 g/mol. The molecule has 25 heavy (non-hydrogen) atoms. The minimum Gasteiger partial charge on any atom is -0.496 e. The van der Waals surface area contributed by atoms with Crippen molar-refractivity contribution in [2.45, 2.75) is 18.9 Å². The standard InChI is InChI=1S/C16H20N2O7/c1-23-14-4-3-12(18(21)22)7-11(14)8-13(16(20)24-2)17-15(19)10-5-6-25-9-10/h3-4,7,10,13H,5-6,8-9H2,1-2H3,(H,17,19)/t10-,13-/m0/s1. The summed E-state index contributed by atoms with van der Waals surface area (Å²) in [4.78, 5) is 34.7. The van der Waals surface area contributed by atoms with Gasteiger partial charge in [-0.25, -0.2) is 4.79 Å². The molecule has 1 aromatic rings. The van der Waals surface area contributed by atoms with Crippen molar-refractivity contribution in [1.29, 1.82) is 0 Å². The van der Waals surface area contributed by atoms with Gasteiger partial charge in [0.1, 0.15) is 11.8 Å². The lowest BCUT2D eigenvalue weighted by Gasteiger charge is -2.19. The molecule has 0 unspecified atom stereocenters. The lowest BCUT2D eigenvalue weighted by atomic mass is 10.0. The van der Waals surface area contributed by atoms with Gasteiger partial charge in [0.25, 0.3) is 5.69 Å². The van der Waals surface area contributed by atoms with E-state index in [-0.39, 0.29) is 23.9 Å². The minimum atomic E-state index is -0.978. The molecule has 1 amide bonds. The van der Waals surface area contributed by atoms with E-state index in [0.717, 1.165) is 0 Å². The molecular formula is C16H20N2O7. The number of ether oxygens (including phenoxy) is 3. The molecule has 0 aromatic heterocycles. The number of methoxy groups -OCH3 is 2. The molecule has 0 bridgehead atoms. The second-order valence-electron chi connectivity index (χ2n) is 5.60. The zero-order valence-electron chi connectivity index (χ0n) is 14.0. The molecule has 1 aliphatic heterocycles. The highest BCUT2D eigenvalue weighted by Crippen LogP contribution is 2.25. The summed E-state index contributed by atoms with van der Waals surface area (Å²) in [6.45, 7) is 0.805. The second-order valence-corrected chi connectivity index (χ2v) is 5.60. The van der Waals surface area contributed by atoms with Gasteiger partial charge in [-0.05, 0) is 12.5 Å². The van der Waals surface area contributed by atoms with Gasteiger partial charge in [-0.15, -0.1) is 0 Å². The summed E-state index contributed by atoms with van der Waals surface area (Å²) < 4.78 is 15.1. The molecule has 9 heteroatoms. The number of carbonyl (C=O) groups is 2. The Labute approximate surface area is 144 Å². The van der Waals surface area contributed by atoms with E-state index in [0.29, 0.717) is 30.9 Å². The molecule has 1 aliphatic rings. The van der Waals surface area contributed by atoms with E-state index in [1.165, 1.54) is 32.4 Å². The smallest absolute Gasteiger partial charge is 0.328 e. The Bertz CT molecular complexity index is 656. The highest BCUT2D eigenvalue weighted by molar-refractivity contribution is 5.86. The average molecular weight is 352 g/mol. The third-order valence-corrected chi connectivity index (χ3v) is 4.00. The number of carbonyl (C=O) groups excluding carboxylic acids is 2. The Morgan fingerprint density at radius 3 is 2.76 bits per heavy atom. The van der Waals surface area contributed by atoms with Crippen molar-refractivity contribution in [1.82, 2.24) is 5.32 Å². The molecule has 0 spiro atoms. The molecule has 1 heterocycles. The number of nitrogens with zero attached hydrogens (tertiary/aromatic N) is 1. The number of hydrogen-bond acceptors (Lipinski definition) is 7. The van der Waals surface area contributed by atoms with Gasteiger partial charge in [0.05, 0.1) is 31.7 Å². The number of benzene rings is 1. The number of nitro groups is 1. The van der Waals surface area contributed by atoms with Crippen LogP contribution in [-0.4, -0.2) is 50.3 Å². The monoisotopic (exact) mass is 352 g/mol. The second kappa shape index (κ2) is 8.43. The fraction of sp³-hybridized carbons (Fsp3) is 0.500. The molecule has 0 saturated carbocycles. The van der Waals surface area contributed by atoms with Crippen molar-refractivity contribution >= 4 is 17.6 Å². The predicted octanol–water partition coefficient (Wildman–Crippen LogP) is 0.840. The quantitative estimate of drug-likeness (QED) is 0.439. The largest absolute Gasteiger partial charge is 0.496 e. The SMILES string of the molecule is COC(=O)[C@H](Cc1cc([N+](=O)[O-])ccc1OC)NC(=O)[C@H]1CCOC1. The summed E-state index contributed by atoms with van der Waals surface area (Å²) in [5.74, 6) is -0.879. The van der Waals surface area contributed by atoms with Crippen LogP contribution < -0.4 is 10.1 Å². The lowest BCUT2D eigenvalue weighted by Crippen LogP contribution is -2.45. The number of esters is 1. The number of rotatable bonds is 7. The van der Waals surface area contributed by atoms with Gasteiger partial charge in [-0.2, -0.15) is 0 Å². The summed E-state index contributed by atoms with van der Waals surface area (Å²) in [6.07, 6.45) is 0.594. The minimum absolute atomic E-state index is 0.0108. The Morgan fingerprint density at radius 1 is 1.44 bits per heavy atom. The first-order valence-corrected chi connectivity index (χ1v) is 7.73. The third kappa shape index (κ3) is 4.66. The number of nitro benzene ring substituents is 1. The van der Waals surface area contributed by atoms with E-state index in [1.54, 1.807) is 0 Å². The fourth-order valence-electron chi connectivity index (χ4n) is 2.62. The maximum Gasteiger partial charge on any atom is 0.328 e. The molecule has 1 aromatic carbocycles. The zero-order chi connectivity index (χ0) is 18.4. The van der Waals surface area contributed by atoms with Crippen LogP contribution in [0.5, 0.6) is 5.75 Å². The van der Waals surface area contributed by atoms with Crippen LogP contribution in [0.25, 0.3) is 0 Å². The van der Waals surface area contributed by atoms with E-state index < -0.39 is 16.9 Å². The van der Waals surface area contributed by atoms with Gasteiger partial charge in [-0.3, -0.25) is 14.9 Å². The third-order valence-electron chi connectivity index (χ3n) is 4.00. The Hall–Kier alpha value is -2.68. The predicted molar refractivity (Wildman–Crippen MR) is 86.2 cm³/mol. The molecule has 0 radical (unpaired) electrons. The van der Waals surface area contributed by atoms with Crippen molar-refractivity contribution < 1.29 is 28.7 Å². The Kier molecular flexibility index (Phi) is 6.29. The summed E-state index contributed by atoms with van der Waals surface area (Å²) in [6, 6.07) is 3.10. The van der Waals surface area contributed by atoms with Crippen molar-refractivity contribution in [3.8, 4) is 5.75 Å². The molecule has 1 N–H and O–H groups in total. The van der Waals surface area contributed by atoms with E-state index in [4.69, 9.17) is 14.2 Å². The van der Waals surface area contributed by atoms with Crippen LogP contribution in [0.3, 0.4) is 0 Å². The van der Waals surface area contributed by atoms with Crippen molar-refractivity contribution in [2.24, 2.45) is 5.92 Å². The summed E-state index contributed by atoms with van der Waals surface area (Å²) >= 11 is 0. The van der Waals surface area contributed by atoms with Crippen LogP contribution in [0.1, 0.15) is 12.0 Å². The first-order chi connectivity index (χ1) is 12.0. The van der Waals surface area contributed by atoms with Crippen LogP contribution in [-0.2, 0) is 25.5 Å². The van der Waals surface area contributed by atoms with Crippen LogP contribution in [0.4, 0.5) is 5.69 Å². The molecule has 0 aliphatic carbocycles. The molecule has 2 atom stereocenters. The van der Waals surface area contributed by atoms with Gasteiger partial charge in [0.2, 0.25) is 5.91 Å². The van der Waals surface area contributed by atoms with Gasteiger partial charge >= 0.3 is 5.97 Å². The Morgan fingerprint density at radius 2 is 2.20 bits per heavy atom. The van der Waals surface area contributed by atoms with Gasteiger partial charge in [-0.1, -0.05) is 0 Å². The maximum atomic E-state index is 12.3. The van der Waals surface area contributed by atoms with Crippen LogP contribution in [0.15, 0.2) is 18.2 Å². The first kappa shape index (κ1) is 18.7. The number of amides is 1. The van der Waals surface area contributed by atoms with Crippen LogP contribution in [0, 0.1) is 16.0 Å². The summed E-state index contributed by atoms with van der Waals surface area (Å²) in [7, 11) is 2.64. The van der Waals surface area contributed by atoms with Crippen molar-refractivity contribution in [2.75, 3.05) is 27.4 Å². The number of non-ortho nitro benzene ring substituents is 1. The topological polar surface area (TPSA) is 117 Å². The van der Waals surface area contributed by atoms with Gasteiger partial charge in [0, 0.05) is 30.7 Å². The normalized spacial score (nSPS) is 17.6. The van der Waals surface area contributed by atoms with Crippen molar-refractivity contribution in [3.63, 3.8) is 0 Å². The highest BCUT2D eigenvalue weighted by atomic mass is 16.6. The summed E-state index contributed by atoms with van der Waals surface area (Å²) in [5, 5.41) is 13.6. The van der Waals surface area contributed by atoms with E-state index in [2.05, 4.69) is 5.32 Å². The Balaban J connectivity index is 2.21. The molecule has 2 rings (SSSR count). The van der Waals surface area contributed by atoms with Gasteiger partial charge in [0.15, 0.2) is 0 Å². The highest BCUT2D eigenvalue weighted by Gasteiger charge is 2.29. The van der Waals surface area contributed by atoms with Crippen molar-refractivity contribution in [3.05, 3.63) is 33.9 Å². The first-order valence-electron chi connectivity index (χ1n) is 7.73. The molecule has 1 fully saturated rings. The summed E-state index contributed by atoms with van der Waals surface area (Å²) in [5.41, 5.74) is 0.296. The fourth-order valence-corrected chi connectivity index (χ4v) is 2.62. The molecule has 9 nitrogen and oxygen atoms in total. The molecule has 136 valence electrons. The maximum absolute atomic E-state index is 12.3. The van der Waals surface area contributed by atoms with E-state index in [1.807, 2.05) is 0 Å². The number of nitrogens with one attached hydrogen (secondary N) is 1. The van der Waals surface area contributed by atoms with Crippen LogP contribution in [0.2, 0.25) is 0 Å². The molecule has 1 saturated heterocycles.